The minimum absolute atomic E-state index is 0.189. The first kappa shape index (κ1) is 16.5. The Morgan fingerprint density at radius 1 is 1.43 bits per heavy atom. The van der Waals surface area contributed by atoms with Gasteiger partial charge in [-0.05, 0) is 61.6 Å². The van der Waals surface area contributed by atoms with E-state index in [1.807, 2.05) is 0 Å². The van der Waals surface area contributed by atoms with Crippen molar-refractivity contribution in [3.8, 4) is 0 Å². The third-order valence-corrected chi connectivity index (χ3v) is 4.52. The number of hydrogen-bond acceptors (Lipinski definition) is 2. The Balaban J connectivity index is 1.81. The number of carbonyl (C=O) groups excluding carboxylic acids is 1. The van der Waals surface area contributed by atoms with Crippen LogP contribution >= 0.6 is 15.9 Å². The average Bonchev–Trinajstić information content (AvgIpc) is 2.45. The fourth-order valence-corrected chi connectivity index (χ4v) is 3.50. The second kappa shape index (κ2) is 7.95. The van der Waals surface area contributed by atoms with E-state index in [1.54, 1.807) is 0 Å². The van der Waals surface area contributed by atoms with Gasteiger partial charge in [0.25, 0.3) is 0 Å². The molecule has 1 aromatic rings. The molecule has 1 aliphatic heterocycles. The van der Waals surface area contributed by atoms with E-state index in [1.165, 1.54) is 21.2 Å². The lowest BCUT2D eigenvalue weighted by Gasteiger charge is -2.30. The zero-order valence-corrected chi connectivity index (χ0v) is 14.6. The Bertz CT molecular complexity index is 502. The second-order valence-corrected chi connectivity index (χ2v) is 6.76. The van der Waals surface area contributed by atoms with Gasteiger partial charge in [0.15, 0.2) is 0 Å². The quantitative estimate of drug-likeness (QED) is 0.850. The molecule has 0 bridgehead atoms. The highest BCUT2D eigenvalue weighted by Crippen LogP contribution is 2.26. The predicted molar refractivity (Wildman–Crippen MR) is 90.4 cm³/mol. The van der Waals surface area contributed by atoms with Gasteiger partial charge < -0.3 is 5.32 Å². The average molecular weight is 353 g/mol. The molecule has 0 aliphatic carbocycles. The van der Waals surface area contributed by atoms with Crippen molar-refractivity contribution >= 4 is 21.8 Å². The SMILES string of the molecule is CCCNC(=O)CCCN1CCc2cc(Br)cc(C)c2C1. The molecule has 0 atom stereocenters. The summed E-state index contributed by atoms with van der Waals surface area (Å²) in [6.45, 7) is 8.18. The van der Waals surface area contributed by atoms with Crippen LogP contribution in [0.4, 0.5) is 0 Å². The normalized spacial score (nSPS) is 14.8. The smallest absolute Gasteiger partial charge is 0.220 e. The number of benzene rings is 1. The summed E-state index contributed by atoms with van der Waals surface area (Å²) in [6, 6.07) is 4.44. The van der Waals surface area contributed by atoms with E-state index in [2.05, 4.69) is 52.1 Å². The Hall–Kier alpha value is -0.870. The molecule has 1 amide bonds. The number of fused-ring (bicyclic) bond motifs is 1. The summed E-state index contributed by atoms with van der Waals surface area (Å²) in [5.41, 5.74) is 4.31. The predicted octanol–water partition coefficient (Wildman–Crippen LogP) is 3.42. The second-order valence-electron chi connectivity index (χ2n) is 5.84. The number of rotatable bonds is 6. The molecule has 1 aliphatic rings. The molecule has 0 fully saturated rings. The van der Waals surface area contributed by atoms with Crippen molar-refractivity contribution in [2.75, 3.05) is 19.6 Å². The summed E-state index contributed by atoms with van der Waals surface area (Å²) in [6.07, 6.45) is 3.70. The van der Waals surface area contributed by atoms with Gasteiger partial charge in [0.1, 0.15) is 0 Å². The van der Waals surface area contributed by atoms with E-state index in [4.69, 9.17) is 0 Å². The molecule has 116 valence electrons. The van der Waals surface area contributed by atoms with Gasteiger partial charge in [-0.2, -0.15) is 0 Å². The first-order valence-corrected chi connectivity index (χ1v) is 8.66. The third kappa shape index (κ3) is 4.82. The van der Waals surface area contributed by atoms with Crippen LogP contribution in [0.2, 0.25) is 0 Å². The molecule has 21 heavy (non-hydrogen) atoms. The molecule has 0 saturated heterocycles. The zero-order chi connectivity index (χ0) is 15.2. The van der Waals surface area contributed by atoms with Crippen molar-refractivity contribution in [1.82, 2.24) is 10.2 Å². The fourth-order valence-electron chi connectivity index (χ4n) is 2.88. The lowest BCUT2D eigenvalue weighted by atomic mass is 9.95. The monoisotopic (exact) mass is 352 g/mol. The fraction of sp³-hybridized carbons (Fsp3) is 0.588. The Kier molecular flexibility index (Phi) is 6.24. The highest BCUT2D eigenvalue weighted by molar-refractivity contribution is 9.10. The van der Waals surface area contributed by atoms with Crippen molar-refractivity contribution in [1.29, 1.82) is 0 Å². The largest absolute Gasteiger partial charge is 0.356 e. The number of aryl methyl sites for hydroxylation is 1. The number of carbonyl (C=O) groups is 1. The molecule has 0 unspecified atom stereocenters. The summed E-state index contributed by atoms with van der Waals surface area (Å²) in [7, 11) is 0. The van der Waals surface area contributed by atoms with Crippen LogP contribution in [0.1, 0.15) is 42.9 Å². The van der Waals surface area contributed by atoms with Gasteiger partial charge in [-0.15, -0.1) is 0 Å². The van der Waals surface area contributed by atoms with Gasteiger partial charge in [0.05, 0.1) is 0 Å². The maximum atomic E-state index is 11.6. The number of nitrogens with one attached hydrogen (secondary N) is 1. The minimum Gasteiger partial charge on any atom is -0.356 e. The minimum atomic E-state index is 0.189. The Morgan fingerprint density at radius 3 is 3.00 bits per heavy atom. The van der Waals surface area contributed by atoms with Gasteiger partial charge in [0.2, 0.25) is 5.91 Å². The number of amides is 1. The van der Waals surface area contributed by atoms with Crippen molar-refractivity contribution < 1.29 is 4.79 Å². The molecule has 1 heterocycles. The third-order valence-electron chi connectivity index (χ3n) is 4.06. The molecule has 1 N–H and O–H groups in total. The molecule has 1 aromatic carbocycles. The van der Waals surface area contributed by atoms with Crippen LogP contribution in [0.15, 0.2) is 16.6 Å². The van der Waals surface area contributed by atoms with Crippen molar-refractivity contribution in [3.63, 3.8) is 0 Å². The summed E-state index contributed by atoms with van der Waals surface area (Å²) in [5.74, 6) is 0.189. The van der Waals surface area contributed by atoms with Crippen LogP contribution in [-0.4, -0.2) is 30.4 Å². The molecular weight excluding hydrogens is 328 g/mol. The topological polar surface area (TPSA) is 32.3 Å². The van der Waals surface area contributed by atoms with Crippen LogP contribution in [-0.2, 0) is 17.8 Å². The van der Waals surface area contributed by atoms with E-state index in [0.29, 0.717) is 6.42 Å². The number of halogens is 1. The van der Waals surface area contributed by atoms with Crippen LogP contribution in [0.5, 0.6) is 0 Å². The number of hydrogen-bond donors (Lipinski definition) is 1. The molecule has 0 aromatic heterocycles. The zero-order valence-electron chi connectivity index (χ0n) is 13.0. The van der Waals surface area contributed by atoms with Gasteiger partial charge in [0, 0.05) is 30.5 Å². The molecule has 4 heteroatoms. The molecule has 3 nitrogen and oxygen atoms in total. The van der Waals surface area contributed by atoms with Gasteiger partial charge >= 0.3 is 0 Å². The molecule has 0 saturated carbocycles. The van der Waals surface area contributed by atoms with Crippen LogP contribution in [0.3, 0.4) is 0 Å². The van der Waals surface area contributed by atoms with Crippen molar-refractivity contribution in [3.05, 3.63) is 33.3 Å². The van der Waals surface area contributed by atoms with Crippen LogP contribution in [0, 0.1) is 6.92 Å². The Morgan fingerprint density at radius 2 is 2.24 bits per heavy atom. The van der Waals surface area contributed by atoms with Gasteiger partial charge in [-0.3, -0.25) is 9.69 Å². The van der Waals surface area contributed by atoms with E-state index >= 15 is 0 Å². The molecular formula is C17H25BrN2O. The standard InChI is InChI=1S/C17H25BrN2O/c1-3-7-19-17(21)5-4-8-20-9-6-14-11-15(18)10-13(2)16(14)12-20/h10-11H,3-9,12H2,1-2H3,(H,19,21). The summed E-state index contributed by atoms with van der Waals surface area (Å²) < 4.78 is 1.18. The summed E-state index contributed by atoms with van der Waals surface area (Å²) >= 11 is 3.58. The van der Waals surface area contributed by atoms with Gasteiger partial charge in [-0.1, -0.05) is 22.9 Å². The molecule has 0 spiro atoms. The highest BCUT2D eigenvalue weighted by Gasteiger charge is 2.18. The molecule has 2 rings (SSSR count). The first-order valence-electron chi connectivity index (χ1n) is 7.87. The Labute approximate surface area is 136 Å². The van der Waals surface area contributed by atoms with E-state index in [0.717, 1.165) is 45.4 Å². The van der Waals surface area contributed by atoms with E-state index < -0.39 is 0 Å². The van der Waals surface area contributed by atoms with Crippen LogP contribution in [0.25, 0.3) is 0 Å². The maximum Gasteiger partial charge on any atom is 0.220 e. The van der Waals surface area contributed by atoms with Crippen molar-refractivity contribution in [2.45, 2.75) is 46.1 Å². The van der Waals surface area contributed by atoms with E-state index in [-0.39, 0.29) is 5.91 Å². The maximum absolute atomic E-state index is 11.6. The van der Waals surface area contributed by atoms with Gasteiger partial charge in [-0.25, -0.2) is 0 Å². The first-order chi connectivity index (χ1) is 10.1. The van der Waals surface area contributed by atoms with Crippen molar-refractivity contribution in [2.24, 2.45) is 0 Å². The van der Waals surface area contributed by atoms with Crippen LogP contribution < -0.4 is 5.32 Å². The highest BCUT2D eigenvalue weighted by atomic mass is 79.9. The summed E-state index contributed by atoms with van der Waals surface area (Å²) in [5, 5.41) is 2.94. The summed E-state index contributed by atoms with van der Waals surface area (Å²) in [4.78, 5) is 14.1. The number of nitrogens with zero attached hydrogens (tertiary/aromatic N) is 1. The van der Waals surface area contributed by atoms with E-state index in [9.17, 15) is 4.79 Å². The molecule has 0 radical (unpaired) electrons. The lowest BCUT2D eigenvalue weighted by Crippen LogP contribution is -2.33. The lowest BCUT2D eigenvalue weighted by molar-refractivity contribution is -0.121.